The highest BCUT2D eigenvalue weighted by Gasteiger charge is 2.32. The SMILES string of the molecule is COc1ccc(-n2c(S[C@H](C)C(=O)N3CCNC3=O)nnc2[C@@H](C)N2CCCCC2)cc1. The van der Waals surface area contributed by atoms with E-state index in [-0.39, 0.29) is 18.0 Å². The van der Waals surface area contributed by atoms with Gasteiger partial charge in [-0.3, -0.25) is 19.2 Å². The molecule has 1 aromatic carbocycles. The van der Waals surface area contributed by atoms with Crippen LogP contribution in [0.4, 0.5) is 4.79 Å². The summed E-state index contributed by atoms with van der Waals surface area (Å²) in [6.07, 6.45) is 3.64. The Labute approximate surface area is 192 Å². The third-order valence-electron chi connectivity index (χ3n) is 6.05. The Morgan fingerprint density at radius 1 is 1.09 bits per heavy atom. The van der Waals surface area contributed by atoms with E-state index in [4.69, 9.17) is 4.74 Å². The molecule has 32 heavy (non-hydrogen) atoms. The molecule has 0 aliphatic carbocycles. The van der Waals surface area contributed by atoms with E-state index >= 15 is 0 Å². The maximum atomic E-state index is 12.8. The highest BCUT2D eigenvalue weighted by atomic mass is 32.2. The number of carbonyl (C=O) groups is 2. The quantitative estimate of drug-likeness (QED) is 0.638. The highest BCUT2D eigenvalue weighted by molar-refractivity contribution is 8.00. The molecule has 4 rings (SSSR count). The van der Waals surface area contributed by atoms with Crippen molar-refractivity contribution in [3.05, 3.63) is 30.1 Å². The van der Waals surface area contributed by atoms with Crippen LogP contribution in [0.25, 0.3) is 5.69 Å². The summed E-state index contributed by atoms with van der Waals surface area (Å²) < 4.78 is 7.34. The number of ether oxygens (including phenoxy) is 1. The van der Waals surface area contributed by atoms with Crippen molar-refractivity contribution >= 4 is 23.7 Å². The molecule has 0 spiro atoms. The number of hydrogen-bond donors (Lipinski definition) is 1. The molecule has 2 aliphatic heterocycles. The number of amides is 3. The normalized spacial score (nSPS) is 19.0. The molecule has 3 heterocycles. The third kappa shape index (κ3) is 4.61. The molecule has 1 aromatic heterocycles. The van der Waals surface area contributed by atoms with Crippen molar-refractivity contribution in [1.29, 1.82) is 0 Å². The first-order valence-electron chi connectivity index (χ1n) is 11.1. The van der Waals surface area contributed by atoms with Gasteiger partial charge in [0.1, 0.15) is 5.75 Å². The number of rotatable bonds is 7. The van der Waals surface area contributed by atoms with Crippen LogP contribution in [0.1, 0.15) is 45.0 Å². The Morgan fingerprint density at radius 3 is 2.44 bits per heavy atom. The summed E-state index contributed by atoms with van der Waals surface area (Å²) in [7, 11) is 1.64. The number of urea groups is 1. The van der Waals surface area contributed by atoms with Crippen LogP contribution in [0.2, 0.25) is 0 Å². The minimum atomic E-state index is -0.474. The molecule has 2 aliphatic rings. The first kappa shape index (κ1) is 22.6. The molecule has 2 saturated heterocycles. The zero-order chi connectivity index (χ0) is 22.7. The summed E-state index contributed by atoms with van der Waals surface area (Å²) in [5.74, 6) is 1.39. The number of likely N-dealkylation sites (tertiary alicyclic amines) is 1. The van der Waals surface area contributed by atoms with Gasteiger partial charge in [0, 0.05) is 18.8 Å². The molecule has 10 heteroatoms. The summed E-state index contributed by atoms with van der Waals surface area (Å²) in [6.45, 7) is 6.93. The van der Waals surface area contributed by atoms with Gasteiger partial charge in [0.05, 0.1) is 18.4 Å². The Hall–Kier alpha value is -2.59. The van der Waals surface area contributed by atoms with Gasteiger partial charge in [-0.2, -0.15) is 0 Å². The van der Waals surface area contributed by atoms with Crippen LogP contribution in [0.15, 0.2) is 29.4 Å². The van der Waals surface area contributed by atoms with Gasteiger partial charge in [0.25, 0.3) is 0 Å². The second-order valence-electron chi connectivity index (χ2n) is 8.13. The fourth-order valence-corrected chi connectivity index (χ4v) is 5.12. The van der Waals surface area contributed by atoms with E-state index in [0.29, 0.717) is 18.2 Å². The van der Waals surface area contributed by atoms with E-state index in [0.717, 1.165) is 30.4 Å². The van der Waals surface area contributed by atoms with E-state index < -0.39 is 5.25 Å². The lowest BCUT2D eigenvalue weighted by Crippen LogP contribution is -2.39. The number of benzene rings is 1. The predicted octanol–water partition coefficient (Wildman–Crippen LogP) is 2.86. The summed E-state index contributed by atoms with van der Waals surface area (Å²) in [5, 5.41) is 11.9. The Kier molecular flexibility index (Phi) is 7.00. The molecule has 2 fully saturated rings. The van der Waals surface area contributed by atoms with E-state index in [1.54, 1.807) is 14.0 Å². The smallest absolute Gasteiger partial charge is 0.324 e. The van der Waals surface area contributed by atoms with Crippen molar-refractivity contribution in [2.75, 3.05) is 33.3 Å². The van der Waals surface area contributed by atoms with Crippen molar-refractivity contribution in [1.82, 2.24) is 29.9 Å². The molecule has 0 unspecified atom stereocenters. The van der Waals surface area contributed by atoms with Gasteiger partial charge in [-0.25, -0.2) is 4.79 Å². The topological polar surface area (TPSA) is 92.6 Å². The third-order valence-corrected chi connectivity index (χ3v) is 7.08. The number of nitrogens with zero attached hydrogens (tertiary/aromatic N) is 5. The summed E-state index contributed by atoms with van der Waals surface area (Å²) >= 11 is 1.33. The summed E-state index contributed by atoms with van der Waals surface area (Å²) in [5.41, 5.74) is 0.913. The number of thioether (sulfide) groups is 1. The molecule has 2 atom stereocenters. The minimum Gasteiger partial charge on any atom is -0.497 e. The maximum Gasteiger partial charge on any atom is 0.324 e. The van der Waals surface area contributed by atoms with Crippen molar-refractivity contribution in [2.45, 2.75) is 49.6 Å². The zero-order valence-electron chi connectivity index (χ0n) is 18.8. The molecule has 0 bridgehead atoms. The van der Waals surface area contributed by atoms with Crippen LogP contribution < -0.4 is 10.1 Å². The van der Waals surface area contributed by atoms with Crippen molar-refractivity contribution < 1.29 is 14.3 Å². The number of hydrogen-bond acceptors (Lipinski definition) is 7. The standard InChI is InChI=1S/C22H30N6O3S/c1-15(26-12-5-4-6-13-26)19-24-25-22(28(19)17-7-9-18(31-3)10-8-17)32-16(2)20(29)27-14-11-23-21(27)30/h7-10,15-16H,4-6,11-14H2,1-3H3,(H,23,30)/t15-,16-/m1/s1. The van der Waals surface area contributed by atoms with E-state index in [1.165, 1.54) is 35.9 Å². The largest absolute Gasteiger partial charge is 0.497 e. The molecule has 0 radical (unpaired) electrons. The highest BCUT2D eigenvalue weighted by Crippen LogP contribution is 2.32. The van der Waals surface area contributed by atoms with Crippen LogP contribution in [0, 0.1) is 0 Å². The predicted molar refractivity (Wildman–Crippen MR) is 122 cm³/mol. The number of carbonyl (C=O) groups excluding carboxylic acids is 2. The molecular weight excluding hydrogens is 428 g/mol. The second kappa shape index (κ2) is 9.91. The number of nitrogens with one attached hydrogen (secondary N) is 1. The monoisotopic (exact) mass is 458 g/mol. The van der Waals surface area contributed by atoms with Crippen molar-refractivity contribution in [3.63, 3.8) is 0 Å². The first-order chi connectivity index (χ1) is 15.5. The Bertz CT molecular complexity index is 957. The van der Waals surface area contributed by atoms with Gasteiger partial charge >= 0.3 is 6.03 Å². The van der Waals surface area contributed by atoms with Gasteiger partial charge in [0.2, 0.25) is 5.91 Å². The van der Waals surface area contributed by atoms with E-state index in [2.05, 4.69) is 27.3 Å². The number of aromatic nitrogens is 3. The summed E-state index contributed by atoms with van der Waals surface area (Å²) in [6, 6.07) is 7.51. The summed E-state index contributed by atoms with van der Waals surface area (Å²) in [4.78, 5) is 28.5. The Morgan fingerprint density at radius 2 is 1.81 bits per heavy atom. The first-order valence-corrected chi connectivity index (χ1v) is 12.0. The molecule has 9 nitrogen and oxygen atoms in total. The zero-order valence-corrected chi connectivity index (χ0v) is 19.6. The van der Waals surface area contributed by atoms with Crippen LogP contribution in [0.3, 0.4) is 0 Å². The van der Waals surface area contributed by atoms with Crippen LogP contribution in [-0.2, 0) is 4.79 Å². The number of imide groups is 1. The molecule has 3 amide bonds. The van der Waals surface area contributed by atoms with Crippen LogP contribution in [-0.4, -0.2) is 75.0 Å². The van der Waals surface area contributed by atoms with E-state index in [1.807, 2.05) is 28.8 Å². The molecule has 1 N–H and O–H groups in total. The maximum absolute atomic E-state index is 12.8. The number of methoxy groups -OCH3 is 1. The van der Waals surface area contributed by atoms with Crippen molar-refractivity contribution in [3.8, 4) is 11.4 Å². The second-order valence-corrected chi connectivity index (χ2v) is 9.44. The van der Waals surface area contributed by atoms with Gasteiger partial charge in [0.15, 0.2) is 11.0 Å². The lowest BCUT2D eigenvalue weighted by molar-refractivity contribution is -0.126. The lowest BCUT2D eigenvalue weighted by Gasteiger charge is -2.32. The van der Waals surface area contributed by atoms with Gasteiger partial charge in [-0.1, -0.05) is 18.2 Å². The lowest BCUT2D eigenvalue weighted by atomic mass is 10.1. The average Bonchev–Trinajstić information content (AvgIpc) is 3.44. The van der Waals surface area contributed by atoms with E-state index in [9.17, 15) is 9.59 Å². The van der Waals surface area contributed by atoms with Gasteiger partial charge < -0.3 is 10.1 Å². The Balaban J connectivity index is 1.64. The van der Waals surface area contributed by atoms with Gasteiger partial charge in [-0.15, -0.1) is 10.2 Å². The van der Waals surface area contributed by atoms with Crippen molar-refractivity contribution in [2.24, 2.45) is 0 Å². The minimum absolute atomic E-state index is 0.0922. The molecule has 0 saturated carbocycles. The molecule has 2 aromatic rings. The average molecular weight is 459 g/mol. The van der Waals surface area contributed by atoms with Gasteiger partial charge in [-0.05, 0) is 64.0 Å². The van der Waals surface area contributed by atoms with Crippen LogP contribution in [0.5, 0.6) is 5.75 Å². The van der Waals surface area contributed by atoms with Crippen LogP contribution >= 0.6 is 11.8 Å². The fraction of sp³-hybridized carbons (Fsp3) is 0.545. The fourth-order valence-electron chi connectivity index (χ4n) is 4.18. The molecular formula is C22H30N6O3S. The number of piperidine rings is 1. The molecule has 172 valence electrons.